The third-order valence-corrected chi connectivity index (χ3v) is 20.7. The molecule has 0 aromatic heterocycles. The topological polar surface area (TPSA) is 237 Å². The maximum atomic E-state index is 13.1. The van der Waals surface area contributed by atoms with Gasteiger partial charge in [0.1, 0.15) is 19.3 Å². The zero-order valence-corrected chi connectivity index (χ0v) is 65.5. The van der Waals surface area contributed by atoms with Gasteiger partial charge in [-0.1, -0.05) is 344 Å². The Morgan fingerprint density at radius 2 is 0.495 bits per heavy atom. The van der Waals surface area contributed by atoms with Crippen LogP contribution in [-0.2, 0) is 65.4 Å². The summed E-state index contributed by atoms with van der Waals surface area (Å²) >= 11 is 0. The number of rotatable bonds is 75. The molecule has 0 aliphatic heterocycles. The number of aliphatic hydroxyl groups excluding tert-OH is 1. The van der Waals surface area contributed by atoms with Crippen LogP contribution in [0.15, 0.2) is 0 Å². The Morgan fingerprint density at radius 3 is 0.732 bits per heavy atom. The minimum Gasteiger partial charge on any atom is -0.462 e. The van der Waals surface area contributed by atoms with Crippen molar-refractivity contribution in [2.45, 2.75) is 414 Å². The van der Waals surface area contributed by atoms with Crippen LogP contribution in [-0.4, -0.2) is 96.7 Å². The van der Waals surface area contributed by atoms with Gasteiger partial charge in [-0.25, -0.2) is 9.13 Å². The van der Waals surface area contributed by atoms with Gasteiger partial charge >= 0.3 is 39.5 Å². The third-order valence-electron chi connectivity index (χ3n) is 18.8. The monoisotopic (exact) mass is 1420 g/mol. The molecular weight excluding hydrogens is 1270 g/mol. The van der Waals surface area contributed by atoms with E-state index in [1.54, 1.807) is 0 Å². The van der Waals surface area contributed by atoms with E-state index >= 15 is 0 Å². The molecule has 0 aromatic carbocycles. The zero-order valence-electron chi connectivity index (χ0n) is 63.7. The van der Waals surface area contributed by atoms with E-state index in [1.807, 2.05) is 0 Å². The first kappa shape index (κ1) is 95.1. The number of ether oxygens (including phenoxy) is 4. The van der Waals surface area contributed by atoms with Crippen molar-refractivity contribution in [1.29, 1.82) is 0 Å². The summed E-state index contributed by atoms with van der Waals surface area (Å²) in [5.74, 6) is 0.952. The van der Waals surface area contributed by atoms with Crippen molar-refractivity contribution >= 4 is 39.5 Å². The number of unbranched alkanes of at least 4 members (excludes halogenated alkanes) is 39. The Labute approximate surface area is 594 Å². The smallest absolute Gasteiger partial charge is 0.462 e. The molecule has 17 nitrogen and oxygen atoms in total. The van der Waals surface area contributed by atoms with Crippen molar-refractivity contribution in [1.82, 2.24) is 0 Å². The number of phosphoric ester groups is 2. The first-order valence-electron chi connectivity index (χ1n) is 40.3. The van der Waals surface area contributed by atoms with Crippen molar-refractivity contribution in [3.63, 3.8) is 0 Å². The highest BCUT2D eigenvalue weighted by Gasteiger charge is 2.30. The summed E-state index contributed by atoms with van der Waals surface area (Å²) in [5, 5.41) is 10.6. The summed E-state index contributed by atoms with van der Waals surface area (Å²) in [6.45, 7) is 14.2. The number of carbonyl (C=O) groups is 4. The van der Waals surface area contributed by atoms with E-state index in [1.165, 1.54) is 193 Å². The normalized spacial score (nSPS) is 14.6. The van der Waals surface area contributed by atoms with E-state index in [0.717, 1.165) is 114 Å². The first-order valence-corrected chi connectivity index (χ1v) is 43.3. The molecule has 0 amide bonds. The summed E-state index contributed by atoms with van der Waals surface area (Å²) in [4.78, 5) is 72.8. The minimum atomic E-state index is -4.96. The van der Waals surface area contributed by atoms with Crippen molar-refractivity contribution in [3.8, 4) is 0 Å². The van der Waals surface area contributed by atoms with Crippen LogP contribution in [0.4, 0.5) is 0 Å². The van der Waals surface area contributed by atoms with Crippen molar-refractivity contribution in [2.75, 3.05) is 39.6 Å². The lowest BCUT2D eigenvalue weighted by atomic mass is 9.99. The van der Waals surface area contributed by atoms with Gasteiger partial charge in [-0.3, -0.25) is 37.3 Å². The van der Waals surface area contributed by atoms with E-state index in [9.17, 15) is 43.2 Å². The van der Waals surface area contributed by atoms with Crippen LogP contribution in [0.3, 0.4) is 0 Å². The number of phosphoric acid groups is 2. The summed E-state index contributed by atoms with van der Waals surface area (Å²) in [5.41, 5.74) is 0. The van der Waals surface area contributed by atoms with Crippen molar-refractivity contribution in [2.24, 2.45) is 23.7 Å². The molecule has 0 fully saturated rings. The fourth-order valence-corrected chi connectivity index (χ4v) is 13.4. The molecule has 0 rings (SSSR count). The average molecular weight is 1420 g/mol. The molecular formula is C78H152O17P2. The summed E-state index contributed by atoms with van der Waals surface area (Å²) in [6.07, 6.45) is 53.0. The van der Waals surface area contributed by atoms with Gasteiger partial charge < -0.3 is 33.8 Å². The van der Waals surface area contributed by atoms with E-state index in [-0.39, 0.29) is 25.7 Å². The van der Waals surface area contributed by atoms with Crippen LogP contribution < -0.4 is 0 Å². The molecule has 5 unspecified atom stereocenters. The zero-order chi connectivity index (χ0) is 71.7. The van der Waals surface area contributed by atoms with Gasteiger partial charge in [-0.05, 0) is 49.4 Å². The van der Waals surface area contributed by atoms with Crippen molar-refractivity contribution < 1.29 is 80.2 Å². The SMILES string of the molecule is CCC(C)CCCCCCCCCCCCCCCCCCCCC(=O)OC[C@H](COP(=O)(O)OCC(O)COP(=O)(O)OC[C@@H](COC(=O)CCCCCCCCCC(C)C)OC(=O)CCCCCCCCC(C)CC)OC(=O)CCCCCCCCCCCCCCC(C)C. The summed E-state index contributed by atoms with van der Waals surface area (Å²) < 4.78 is 68.5. The second kappa shape index (κ2) is 67.2. The maximum Gasteiger partial charge on any atom is 0.472 e. The lowest BCUT2D eigenvalue weighted by molar-refractivity contribution is -0.161. The molecule has 0 radical (unpaired) electrons. The highest BCUT2D eigenvalue weighted by atomic mass is 31.2. The van der Waals surface area contributed by atoms with E-state index < -0.39 is 97.5 Å². The number of esters is 4. The van der Waals surface area contributed by atoms with Gasteiger partial charge in [0.05, 0.1) is 26.4 Å². The van der Waals surface area contributed by atoms with Gasteiger partial charge in [0.2, 0.25) is 0 Å². The van der Waals surface area contributed by atoms with Gasteiger partial charge in [-0.15, -0.1) is 0 Å². The molecule has 3 N–H and O–H groups in total. The maximum absolute atomic E-state index is 13.1. The molecule has 0 bridgehead atoms. The molecule has 0 spiro atoms. The molecule has 576 valence electrons. The fourth-order valence-electron chi connectivity index (χ4n) is 11.8. The first-order chi connectivity index (χ1) is 46.7. The lowest BCUT2D eigenvalue weighted by Gasteiger charge is -2.21. The Morgan fingerprint density at radius 1 is 0.289 bits per heavy atom. The highest BCUT2D eigenvalue weighted by molar-refractivity contribution is 7.47. The van der Waals surface area contributed by atoms with Crippen LogP contribution in [0.5, 0.6) is 0 Å². The van der Waals surface area contributed by atoms with Crippen LogP contribution in [0, 0.1) is 23.7 Å². The summed E-state index contributed by atoms with van der Waals surface area (Å²) in [6, 6.07) is 0. The Bertz CT molecular complexity index is 1910. The second-order valence-corrected chi connectivity index (χ2v) is 32.4. The van der Waals surface area contributed by atoms with Crippen LogP contribution in [0.25, 0.3) is 0 Å². The number of hydrogen-bond donors (Lipinski definition) is 3. The Hall–Kier alpha value is -1.94. The quantitative estimate of drug-likeness (QED) is 0.0222. The third kappa shape index (κ3) is 69.5. The Balaban J connectivity index is 5.18. The predicted octanol–water partition coefficient (Wildman–Crippen LogP) is 22.8. The van der Waals surface area contributed by atoms with Gasteiger partial charge in [0, 0.05) is 25.7 Å². The van der Waals surface area contributed by atoms with E-state index in [2.05, 4.69) is 55.4 Å². The van der Waals surface area contributed by atoms with E-state index in [0.29, 0.717) is 31.6 Å². The fraction of sp³-hybridized carbons (Fsp3) is 0.949. The number of aliphatic hydroxyl groups is 1. The second-order valence-electron chi connectivity index (χ2n) is 29.5. The lowest BCUT2D eigenvalue weighted by Crippen LogP contribution is -2.30. The molecule has 0 saturated heterocycles. The molecule has 0 saturated carbocycles. The minimum absolute atomic E-state index is 0.102. The van der Waals surface area contributed by atoms with Gasteiger partial charge in [0.25, 0.3) is 0 Å². The van der Waals surface area contributed by atoms with Gasteiger partial charge in [0.15, 0.2) is 12.2 Å². The largest absolute Gasteiger partial charge is 0.472 e. The molecule has 19 heteroatoms. The molecule has 0 heterocycles. The van der Waals surface area contributed by atoms with Crippen LogP contribution in [0.1, 0.15) is 396 Å². The highest BCUT2D eigenvalue weighted by Crippen LogP contribution is 2.45. The molecule has 97 heavy (non-hydrogen) atoms. The van der Waals surface area contributed by atoms with Crippen LogP contribution in [0.2, 0.25) is 0 Å². The van der Waals surface area contributed by atoms with E-state index in [4.69, 9.17) is 37.0 Å². The molecule has 7 atom stereocenters. The number of carbonyl (C=O) groups excluding carboxylic acids is 4. The molecule has 0 aliphatic carbocycles. The number of hydrogen-bond acceptors (Lipinski definition) is 15. The standard InChI is InChI=1S/C78H152O17P2/c1-9-70(7)56-48-40-32-26-22-17-15-13-11-12-14-16-18-23-27-33-42-50-58-75(80)88-64-73(94-77(82)60-52-44-34-28-24-20-19-21-25-30-38-46-54-68(3)4)66-92-96(84,85)90-62-72(79)63-91-97(86,87)93-67-74(95-78(83)61-53-45-37-36-41-49-57-71(8)10-2)65-89-76(81)59-51-43-35-29-31-39-47-55-69(5)6/h68-74,79H,9-67H2,1-8H3,(H,84,85)(H,86,87)/t70?,71?,72?,73-,74-/m1/s1. The van der Waals surface area contributed by atoms with Crippen molar-refractivity contribution in [3.05, 3.63) is 0 Å². The Kier molecular flexibility index (Phi) is 65.9. The average Bonchev–Trinajstić information content (AvgIpc) is 1.29. The molecule has 0 aliphatic rings. The molecule has 0 aromatic rings. The van der Waals surface area contributed by atoms with Crippen LogP contribution >= 0.6 is 15.6 Å². The summed E-state index contributed by atoms with van der Waals surface area (Å²) in [7, 11) is -9.91. The van der Waals surface area contributed by atoms with Gasteiger partial charge in [-0.2, -0.15) is 0 Å². The predicted molar refractivity (Wildman–Crippen MR) is 395 cm³/mol.